The molecule has 2 rings (SSSR count). The second-order valence-corrected chi connectivity index (χ2v) is 8.66. The van der Waals surface area contributed by atoms with E-state index in [1.807, 2.05) is 4.90 Å². The van der Waals surface area contributed by atoms with Gasteiger partial charge in [0.2, 0.25) is 11.8 Å². The molecule has 0 unspecified atom stereocenters. The van der Waals surface area contributed by atoms with Gasteiger partial charge in [0.15, 0.2) is 0 Å². The minimum absolute atomic E-state index is 0.0763. The lowest BCUT2D eigenvalue weighted by Crippen LogP contribution is -2.58. The Balaban J connectivity index is 0.00000105. The van der Waals surface area contributed by atoms with Crippen molar-refractivity contribution < 1.29 is 19.5 Å². The molecule has 7 heteroatoms. The van der Waals surface area contributed by atoms with E-state index in [9.17, 15) is 9.59 Å². The minimum Gasteiger partial charge on any atom is -0.483 e. The van der Waals surface area contributed by atoms with E-state index in [1.165, 1.54) is 0 Å². The summed E-state index contributed by atoms with van der Waals surface area (Å²) in [6, 6.07) is 0. The van der Waals surface area contributed by atoms with Crippen LogP contribution in [0.3, 0.4) is 0 Å². The fourth-order valence-corrected chi connectivity index (χ4v) is 4.44. The molecule has 0 atom stereocenters. The maximum atomic E-state index is 12.2. The monoisotopic (exact) mass is 369 g/mol. The van der Waals surface area contributed by atoms with Crippen LogP contribution in [0.5, 0.6) is 0 Å². The lowest BCUT2D eigenvalue weighted by molar-refractivity contribution is -0.133. The van der Waals surface area contributed by atoms with Crippen molar-refractivity contribution in [3.8, 4) is 0 Å². The molecular weight excluding hydrogens is 334 g/mol. The Morgan fingerprint density at radius 2 is 1.85 bits per heavy atom. The van der Waals surface area contributed by atoms with Crippen molar-refractivity contribution in [3.63, 3.8) is 0 Å². The van der Waals surface area contributed by atoms with Gasteiger partial charge in [-0.3, -0.25) is 14.4 Å². The maximum Gasteiger partial charge on any atom is 0.290 e. The zero-order valence-electron chi connectivity index (χ0n) is 16.6. The van der Waals surface area contributed by atoms with E-state index in [0.717, 1.165) is 32.2 Å². The smallest absolute Gasteiger partial charge is 0.290 e. The number of nitrogens with zero attached hydrogens (tertiary/aromatic N) is 1. The van der Waals surface area contributed by atoms with Crippen LogP contribution in [-0.2, 0) is 14.4 Å². The molecule has 0 saturated carbocycles. The summed E-state index contributed by atoms with van der Waals surface area (Å²) in [7, 11) is 0. The second kappa shape index (κ2) is 9.90. The van der Waals surface area contributed by atoms with Gasteiger partial charge in [-0.2, -0.15) is 0 Å². The van der Waals surface area contributed by atoms with Crippen molar-refractivity contribution in [1.29, 1.82) is 0 Å². The molecule has 150 valence electrons. The molecule has 0 aliphatic carbocycles. The summed E-state index contributed by atoms with van der Waals surface area (Å²) in [6.07, 6.45) is 5.38. The molecule has 0 aromatic rings. The summed E-state index contributed by atoms with van der Waals surface area (Å²) in [5.74, 6) is 0.762. The third kappa shape index (κ3) is 8.17. The summed E-state index contributed by atoms with van der Waals surface area (Å²) in [6.45, 7) is 10.6. The third-order valence-corrected chi connectivity index (χ3v) is 4.87. The highest BCUT2D eigenvalue weighted by Gasteiger charge is 2.38. The van der Waals surface area contributed by atoms with Gasteiger partial charge in [-0.15, -0.1) is 0 Å². The Labute approximate surface area is 156 Å². The molecular formula is C19H35N3O4. The fourth-order valence-electron chi connectivity index (χ4n) is 4.44. The second-order valence-electron chi connectivity index (χ2n) is 8.66. The standard InChI is InChI=1S/C18H33N3O2.CH2O2/c1-17(2)12-14(13-18(3,4)20-17)11-15(22)19-8-10-21-9-6-5-7-16(21)23;2-1-3/h14,20H,5-13H2,1-4H3,(H,19,22);1H,(H,2,3). The normalized spacial score (nSPS) is 22.2. The van der Waals surface area contributed by atoms with Crippen molar-refractivity contribution in [2.24, 2.45) is 5.92 Å². The third-order valence-electron chi connectivity index (χ3n) is 4.87. The van der Waals surface area contributed by atoms with E-state index in [4.69, 9.17) is 9.90 Å². The largest absolute Gasteiger partial charge is 0.483 e. The van der Waals surface area contributed by atoms with E-state index in [-0.39, 0.29) is 29.4 Å². The van der Waals surface area contributed by atoms with E-state index < -0.39 is 0 Å². The first-order valence-corrected chi connectivity index (χ1v) is 9.50. The number of carboxylic acid groups (broad SMARTS) is 1. The Morgan fingerprint density at radius 1 is 1.27 bits per heavy atom. The molecule has 2 fully saturated rings. The van der Waals surface area contributed by atoms with E-state index in [0.29, 0.717) is 31.8 Å². The molecule has 2 aliphatic heterocycles. The van der Waals surface area contributed by atoms with Crippen LogP contribution in [0.2, 0.25) is 0 Å². The van der Waals surface area contributed by atoms with Crippen LogP contribution >= 0.6 is 0 Å². The van der Waals surface area contributed by atoms with E-state index >= 15 is 0 Å². The van der Waals surface area contributed by atoms with Crippen molar-refractivity contribution >= 4 is 18.3 Å². The van der Waals surface area contributed by atoms with Gasteiger partial charge >= 0.3 is 0 Å². The van der Waals surface area contributed by atoms with Crippen molar-refractivity contribution in [2.45, 2.75) is 77.3 Å². The molecule has 0 bridgehead atoms. The first-order chi connectivity index (χ1) is 12.1. The molecule has 3 N–H and O–H groups in total. The van der Waals surface area contributed by atoms with Crippen molar-refractivity contribution in [2.75, 3.05) is 19.6 Å². The quantitative estimate of drug-likeness (QED) is 0.642. The number of hydrogen-bond donors (Lipinski definition) is 3. The average Bonchev–Trinajstić information content (AvgIpc) is 2.46. The molecule has 0 spiro atoms. The topological polar surface area (TPSA) is 98.7 Å². The van der Waals surface area contributed by atoms with Crippen LogP contribution in [0, 0.1) is 5.92 Å². The predicted molar refractivity (Wildman–Crippen MR) is 101 cm³/mol. The SMILES string of the molecule is CC1(C)CC(CC(=O)NCCN2CCCCC2=O)CC(C)(C)N1.O=CO. The lowest BCUT2D eigenvalue weighted by atomic mass is 9.74. The lowest BCUT2D eigenvalue weighted by Gasteiger charge is -2.46. The van der Waals surface area contributed by atoms with Crippen LogP contribution < -0.4 is 10.6 Å². The van der Waals surface area contributed by atoms with Gasteiger partial charge in [-0.05, 0) is 59.3 Å². The summed E-state index contributed by atoms with van der Waals surface area (Å²) < 4.78 is 0. The molecule has 2 amide bonds. The van der Waals surface area contributed by atoms with Crippen molar-refractivity contribution in [3.05, 3.63) is 0 Å². The number of carbonyl (C=O) groups excluding carboxylic acids is 2. The Kier molecular flexibility index (Phi) is 8.53. The molecule has 0 radical (unpaired) electrons. The first-order valence-electron chi connectivity index (χ1n) is 9.50. The van der Waals surface area contributed by atoms with Gasteiger partial charge in [-0.25, -0.2) is 0 Å². The van der Waals surface area contributed by atoms with E-state index in [1.54, 1.807) is 0 Å². The zero-order valence-corrected chi connectivity index (χ0v) is 16.6. The average molecular weight is 370 g/mol. The number of likely N-dealkylation sites (tertiary alicyclic amines) is 1. The molecule has 26 heavy (non-hydrogen) atoms. The van der Waals surface area contributed by atoms with Crippen LogP contribution in [0.4, 0.5) is 0 Å². The van der Waals surface area contributed by atoms with Gasteiger partial charge in [0.1, 0.15) is 0 Å². The number of amides is 2. The summed E-state index contributed by atoms with van der Waals surface area (Å²) in [5, 5.41) is 13.5. The molecule has 2 aliphatic rings. The van der Waals surface area contributed by atoms with Gasteiger partial charge in [0, 0.05) is 43.6 Å². The van der Waals surface area contributed by atoms with Gasteiger partial charge in [0.25, 0.3) is 6.47 Å². The molecule has 0 aromatic heterocycles. The minimum atomic E-state index is -0.250. The Bertz CT molecular complexity index is 475. The highest BCUT2D eigenvalue weighted by Crippen LogP contribution is 2.34. The van der Waals surface area contributed by atoms with Crippen LogP contribution in [0.1, 0.15) is 66.2 Å². The van der Waals surface area contributed by atoms with Gasteiger partial charge in [0.05, 0.1) is 0 Å². The fraction of sp³-hybridized carbons (Fsp3) is 0.842. The number of piperidine rings is 2. The van der Waals surface area contributed by atoms with Crippen LogP contribution in [-0.4, -0.2) is 59.0 Å². The number of rotatable bonds is 5. The van der Waals surface area contributed by atoms with Crippen LogP contribution in [0.25, 0.3) is 0 Å². The first kappa shape index (κ1) is 22.4. The predicted octanol–water partition coefficient (Wildman–Crippen LogP) is 1.76. The Morgan fingerprint density at radius 3 is 2.38 bits per heavy atom. The van der Waals surface area contributed by atoms with Crippen molar-refractivity contribution in [1.82, 2.24) is 15.5 Å². The Hall–Kier alpha value is -1.63. The number of carbonyl (C=O) groups is 3. The zero-order chi connectivity index (χ0) is 19.8. The molecule has 2 heterocycles. The van der Waals surface area contributed by atoms with Gasteiger partial charge < -0.3 is 20.6 Å². The highest BCUT2D eigenvalue weighted by molar-refractivity contribution is 5.77. The summed E-state index contributed by atoms with van der Waals surface area (Å²) in [4.78, 5) is 34.2. The number of nitrogens with one attached hydrogen (secondary N) is 2. The summed E-state index contributed by atoms with van der Waals surface area (Å²) in [5.41, 5.74) is 0.153. The van der Waals surface area contributed by atoms with Crippen LogP contribution in [0.15, 0.2) is 0 Å². The van der Waals surface area contributed by atoms with E-state index in [2.05, 4.69) is 38.3 Å². The summed E-state index contributed by atoms with van der Waals surface area (Å²) >= 11 is 0. The molecule has 0 aromatic carbocycles. The van der Waals surface area contributed by atoms with Gasteiger partial charge in [-0.1, -0.05) is 0 Å². The maximum absolute atomic E-state index is 12.2. The highest BCUT2D eigenvalue weighted by atomic mass is 16.3. The number of hydrogen-bond acceptors (Lipinski definition) is 4. The molecule has 7 nitrogen and oxygen atoms in total. The molecule has 2 saturated heterocycles.